The largest absolute Gasteiger partial charge is 0.486 e. The van der Waals surface area contributed by atoms with Gasteiger partial charge < -0.3 is 44.5 Å². The molecule has 0 bridgehead atoms. The number of carbonyl (C=O) groups excluding carboxylic acids is 2. The Morgan fingerprint density at radius 3 is 2.49 bits per heavy atom. The predicted octanol–water partition coefficient (Wildman–Crippen LogP) is 8.55. The normalized spacial score (nSPS) is 19.8. The van der Waals surface area contributed by atoms with Crippen molar-refractivity contribution >= 4 is 72.6 Å². The van der Waals surface area contributed by atoms with Crippen molar-refractivity contribution in [3.8, 4) is 33.3 Å². The van der Waals surface area contributed by atoms with Crippen LogP contribution in [0, 0.1) is 25.6 Å². The molecule has 20 nitrogen and oxygen atoms in total. The number of aliphatic hydroxyl groups excluding tert-OH is 2. The number of thiazole rings is 1. The Labute approximate surface area is 498 Å². The quantitative estimate of drug-likeness (QED) is 0.0609. The average Bonchev–Trinajstić information content (AvgIpc) is 1.65. The maximum Gasteiger partial charge on any atom is 0.319 e. The summed E-state index contributed by atoms with van der Waals surface area (Å²) < 4.78 is 37.4. The first kappa shape index (κ1) is 55.9. The SMILES string of the molecule is Cc1ncsc1-c1ccc([C@H](CO)NC(=O)[C@@H]2C[C@@H](O)CN2C(=O)C(C(C)C)n2cc3c(n2)c(=O)[nH]c2cc(COc4c(-c5c(C)c(F)cc6[nH]ncc56)c(C5CC5)cc5c(N6CCN(C)C7(CC7)C6)nc(OC6CCOCC6)nc45)ccc23)cc1. The molecule has 1 unspecified atom stereocenters. The molecule has 5 N–H and O–H groups in total. The molecule has 1 spiro atoms. The number of aromatic amines is 2. The Morgan fingerprint density at radius 2 is 1.76 bits per heavy atom. The van der Waals surface area contributed by atoms with E-state index in [0.29, 0.717) is 75.8 Å². The number of fused-ring (bicyclic) bond motifs is 5. The van der Waals surface area contributed by atoms with E-state index >= 15 is 4.39 Å². The molecule has 9 aromatic rings. The molecule has 22 heteroatoms. The smallest absolute Gasteiger partial charge is 0.319 e. The van der Waals surface area contributed by atoms with Crippen molar-refractivity contribution in [2.24, 2.45) is 5.92 Å². The molecule has 2 amide bonds. The van der Waals surface area contributed by atoms with Crippen LogP contribution in [0.3, 0.4) is 0 Å². The van der Waals surface area contributed by atoms with Gasteiger partial charge in [-0.2, -0.15) is 20.2 Å². The number of hydrogen-bond acceptors (Lipinski definition) is 16. The van der Waals surface area contributed by atoms with Gasteiger partial charge in [0.1, 0.15) is 41.9 Å². The Balaban J connectivity index is 0.802. The topological polar surface area (TPSA) is 242 Å². The molecular formula is C64H69FN12O8S. The lowest BCUT2D eigenvalue weighted by Gasteiger charge is -2.41. The van der Waals surface area contributed by atoms with Crippen LogP contribution in [0.2, 0.25) is 0 Å². The van der Waals surface area contributed by atoms with Gasteiger partial charge in [-0.05, 0) is 104 Å². The van der Waals surface area contributed by atoms with Gasteiger partial charge in [0.25, 0.3) is 5.56 Å². The molecule has 3 aliphatic heterocycles. The summed E-state index contributed by atoms with van der Waals surface area (Å²) in [6, 6.07) is 14.4. The molecule has 0 radical (unpaired) electrons. The van der Waals surface area contributed by atoms with Gasteiger partial charge in [0.05, 0.1) is 59.8 Å². The number of aromatic nitrogens is 8. The van der Waals surface area contributed by atoms with Gasteiger partial charge in [-0.15, -0.1) is 11.3 Å². The number of aliphatic hydroxyl groups is 2. The zero-order valence-electron chi connectivity index (χ0n) is 48.7. The number of pyridine rings is 1. The third-order valence-electron chi connectivity index (χ3n) is 18.5. The van der Waals surface area contributed by atoms with Gasteiger partial charge in [0, 0.05) is 95.4 Å². The fourth-order valence-electron chi connectivity index (χ4n) is 13.4. The highest BCUT2D eigenvalue weighted by molar-refractivity contribution is 7.13. The van der Waals surface area contributed by atoms with E-state index in [-0.39, 0.29) is 67.0 Å². The summed E-state index contributed by atoms with van der Waals surface area (Å²) in [5.74, 6) is -0.260. The van der Waals surface area contributed by atoms with Gasteiger partial charge in [-0.1, -0.05) is 50.2 Å². The fourth-order valence-corrected chi connectivity index (χ4v) is 14.2. The Hall–Kier alpha value is -7.89. The maximum atomic E-state index is 16.3. The van der Waals surface area contributed by atoms with Crippen molar-refractivity contribution in [1.29, 1.82) is 0 Å². The van der Waals surface area contributed by atoms with Crippen molar-refractivity contribution in [1.82, 2.24) is 55.0 Å². The van der Waals surface area contributed by atoms with Crippen LogP contribution < -0.4 is 25.2 Å². The monoisotopic (exact) mass is 1180 g/mol. The van der Waals surface area contributed by atoms with Crippen LogP contribution >= 0.6 is 11.3 Å². The molecule has 446 valence electrons. The first-order chi connectivity index (χ1) is 41.6. The van der Waals surface area contributed by atoms with Crippen molar-refractivity contribution in [3.05, 3.63) is 117 Å². The lowest BCUT2D eigenvalue weighted by atomic mass is 9.88. The molecule has 2 aliphatic carbocycles. The lowest BCUT2D eigenvalue weighted by Crippen LogP contribution is -2.53. The van der Waals surface area contributed by atoms with Crippen molar-refractivity contribution in [2.45, 2.75) is 121 Å². The molecule has 4 aromatic carbocycles. The number of nitrogens with zero attached hydrogens (tertiary/aromatic N) is 9. The van der Waals surface area contributed by atoms with Gasteiger partial charge >= 0.3 is 6.01 Å². The third-order valence-corrected chi connectivity index (χ3v) is 19.5. The van der Waals surface area contributed by atoms with Gasteiger partial charge in [-0.25, -0.2) is 9.37 Å². The van der Waals surface area contributed by atoms with E-state index in [1.54, 1.807) is 24.8 Å². The summed E-state index contributed by atoms with van der Waals surface area (Å²) in [7, 11) is 2.21. The minimum atomic E-state index is -1.04. The average molecular weight is 1190 g/mol. The molecule has 5 aliphatic rings. The van der Waals surface area contributed by atoms with Crippen LogP contribution in [-0.4, -0.2) is 149 Å². The minimum Gasteiger partial charge on any atom is -0.486 e. The highest BCUT2D eigenvalue weighted by atomic mass is 32.1. The summed E-state index contributed by atoms with van der Waals surface area (Å²) in [6.07, 6.45) is 7.83. The number of ether oxygens (including phenoxy) is 3. The minimum absolute atomic E-state index is 0.00176. The summed E-state index contributed by atoms with van der Waals surface area (Å²) in [4.78, 5) is 68.4. The zero-order valence-corrected chi connectivity index (χ0v) is 49.5. The Morgan fingerprint density at radius 1 is 0.953 bits per heavy atom. The summed E-state index contributed by atoms with van der Waals surface area (Å²) in [5.41, 5.74) is 9.33. The second kappa shape index (κ2) is 22.1. The second-order valence-electron chi connectivity index (χ2n) is 24.6. The maximum absolute atomic E-state index is 16.3. The first-order valence-corrected chi connectivity index (χ1v) is 30.8. The summed E-state index contributed by atoms with van der Waals surface area (Å²) in [6.45, 7) is 10.6. The number of halogens is 1. The Bertz CT molecular complexity index is 4190. The van der Waals surface area contributed by atoms with Crippen molar-refractivity contribution in [3.63, 3.8) is 0 Å². The lowest BCUT2D eigenvalue weighted by molar-refractivity contribution is -0.142. The number of anilines is 1. The van der Waals surface area contributed by atoms with Gasteiger partial charge in [0.2, 0.25) is 11.8 Å². The van der Waals surface area contributed by atoms with Crippen LogP contribution in [0.25, 0.3) is 65.2 Å². The number of H-pyrrole nitrogens is 2. The zero-order chi connectivity index (χ0) is 59.3. The Kier molecular flexibility index (Phi) is 14.4. The van der Waals surface area contributed by atoms with Crippen LogP contribution in [0.5, 0.6) is 11.8 Å². The van der Waals surface area contributed by atoms with E-state index in [2.05, 4.69) is 48.4 Å². The van der Waals surface area contributed by atoms with E-state index < -0.39 is 41.6 Å². The number of benzene rings is 4. The number of likely N-dealkylation sites (tertiary alicyclic amines) is 1. The second-order valence-corrected chi connectivity index (χ2v) is 25.4. The number of amides is 2. The molecule has 3 saturated heterocycles. The van der Waals surface area contributed by atoms with Crippen LogP contribution in [0.1, 0.15) is 105 Å². The van der Waals surface area contributed by atoms with Gasteiger partial charge in [0.15, 0.2) is 11.3 Å². The summed E-state index contributed by atoms with van der Waals surface area (Å²) in [5, 5.41) is 39.4. The highest BCUT2D eigenvalue weighted by Gasteiger charge is 2.50. The van der Waals surface area contributed by atoms with Crippen LogP contribution in [0.15, 0.2) is 77.3 Å². The number of rotatable bonds is 16. The van der Waals surface area contributed by atoms with Crippen LogP contribution in [-0.2, 0) is 20.9 Å². The number of nitrogens with one attached hydrogen (secondary N) is 3. The number of likely N-dealkylation sites (N-methyl/N-ethyl adjacent to an activating group) is 1. The fraction of sp³-hybridized carbons (Fsp3) is 0.438. The van der Waals surface area contributed by atoms with E-state index in [1.165, 1.54) is 27.0 Å². The first-order valence-electron chi connectivity index (χ1n) is 29.9. The number of piperazine rings is 1. The molecule has 5 aromatic heterocycles. The van der Waals surface area contributed by atoms with Crippen LogP contribution in [0.4, 0.5) is 10.2 Å². The van der Waals surface area contributed by atoms with E-state index in [9.17, 15) is 24.6 Å². The third kappa shape index (κ3) is 10.1. The van der Waals surface area contributed by atoms with E-state index in [0.717, 1.165) is 94.7 Å². The van der Waals surface area contributed by atoms with Crippen molar-refractivity contribution < 1.29 is 38.4 Å². The van der Waals surface area contributed by atoms with E-state index in [4.69, 9.17) is 29.3 Å². The molecular weight excluding hydrogens is 1120 g/mol. The molecule has 86 heavy (non-hydrogen) atoms. The number of aryl methyl sites for hydroxylation is 1. The predicted molar refractivity (Wildman–Crippen MR) is 325 cm³/mol. The number of β-amino-alcohol motifs (C(OH)–C–C–N with tert-alkyl or cyclic N) is 1. The van der Waals surface area contributed by atoms with Gasteiger partial charge in [-0.3, -0.25) is 29.1 Å². The molecule has 14 rings (SSSR count). The number of carbonyl (C=O) groups is 2. The summed E-state index contributed by atoms with van der Waals surface area (Å²) >= 11 is 1.53. The molecule has 8 heterocycles. The molecule has 5 fully saturated rings. The number of hydrogen-bond donors (Lipinski definition) is 5. The highest BCUT2D eigenvalue weighted by Crippen LogP contribution is 2.54. The standard InChI is InChI=1S/C64H69FN12O8S/c1-33(2)56(62(82)76-27-40(79)23-51(76)60(80)69-50(29-78)38-9-11-39(12-10-38)58-35(4)66-32-86-58)77-28-46-42-13-6-36(22-48(42)68-61(81)55(46)73-77)30-84-57-53(52-34(3)47(65)25-49-45(52)26-67-72-49)43(37-7-8-37)24-44-54(57)70-63(85-41-14-20-83-21-15-41)71-59(44)75-19-18-74(5)64(31-75)16-17-64/h6,9-13,22,24-26,28,32-33,37,40-41,50-51,56,78-79H,7-8,14-21,23,27,29-31H2,1-5H3,(H,67,72)(H,68,81)(H,69,80)/t40-,50+,51+,56?/m1/s1. The molecule has 2 saturated carbocycles. The van der Waals surface area contributed by atoms with Crippen molar-refractivity contribution in [2.75, 3.05) is 57.9 Å². The van der Waals surface area contributed by atoms with E-state index in [1.807, 2.05) is 63.2 Å². The molecule has 4 atom stereocenters.